The van der Waals surface area contributed by atoms with Crippen LogP contribution in [0.2, 0.25) is 0 Å². The molecule has 1 aromatic rings. The number of aromatic amines is 1. The zero-order chi connectivity index (χ0) is 16.8. The largest absolute Gasteiger partial charge is 4.00 e. The molecule has 0 aliphatic carbocycles. The third kappa shape index (κ3) is 3.09. The van der Waals surface area contributed by atoms with Crippen LogP contribution in [-0.4, -0.2) is 16.4 Å². The monoisotopic (exact) mass is 377 g/mol. The van der Waals surface area contributed by atoms with Crippen LogP contribution in [0, 0.1) is 5.21 Å². The van der Waals surface area contributed by atoms with Crippen LogP contribution in [0.5, 0.6) is 0 Å². The third-order valence-corrected chi connectivity index (χ3v) is 4.28. The van der Waals surface area contributed by atoms with Crippen molar-refractivity contribution in [3.05, 3.63) is 99.4 Å². The van der Waals surface area contributed by atoms with Crippen molar-refractivity contribution in [1.82, 2.24) is 4.98 Å². The molecule has 4 aliphatic rings. The number of hydroxylamine groups is 2. The molecule has 26 heavy (non-hydrogen) atoms. The van der Waals surface area contributed by atoms with Crippen LogP contribution in [0.25, 0.3) is 12.2 Å². The second-order valence-electron chi connectivity index (χ2n) is 6.11. The van der Waals surface area contributed by atoms with Gasteiger partial charge in [-0.15, -0.1) is 0 Å². The van der Waals surface area contributed by atoms with E-state index in [2.05, 4.69) is 15.0 Å². The molecule has 1 unspecified atom stereocenters. The van der Waals surface area contributed by atoms with Gasteiger partial charge in [-0.05, 0) is 48.6 Å². The molecule has 1 atom stereocenters. The van der Waals surface area contributed by atoms with E-state index in [1.54, 1.807) is 0 Å². The molecule has 121 valence electrons. The van der Waals surface area contributed by atoms with Gasteiger partial charge in [-0.2, -0.15) is 0 Å². The van der Waals surface area contributed by atoms with E-state index < -0.39 is 0 Å². The maximum Gasteiger partial charge on any atom is 4.00 e. The molecule has 0 saturated heterocycles. The minimum Gasteiger partial charge on any atom is -0.623 e. The summed E-state index contributed by atoms with van der Waals surface area (Å²) in [7, 11) is 0. The van der Waals surface area contributed by atoms with Crippen LogP contribution in [0.15, 0.2) is 93.5 Å². The molecule has 5 rings (SSSR count). The Morgan fingerprint density at radius 2 is 1.31 bits per heavy atom. The topological polar surface area (TPSA) is 68.0 Å². The van der Waals surface area contributed by atoms with Crippen molar-refractivity contribution in [2.45, 2.75) is 0 Å². The van der Waals surface area contributed by atoms with Crippen LogP contribution < -0.4 is 15.8 Å². The summed E-state index contributed by atoms with van der Waals surface area (Å²) in [5.74, 6) is 0. The van der Waals surface area contributed by atoms with Gasteiger partial charge < -0.3 is 15.3 Å². The Hall–Kier alpha value is -2.70. The van der Waals surface area contributed by atoms with Gasteiger partial charge in [-0.1, -0.05) is 0 Å². The molecule has 0 saturated carbocycles. The zero-order valence-corrected chi connectivity index (χ0v) is 15.1. The first-order valence-electron chi connectivity index (χ1n) is 8.05. The van der Waals surface area contributed by atoms with Gasteiger partial charge in [0.2, 0.25) is 0 Å². The van der Waals surface area contributed by atoms with Crippen molar-refractivity contribution in [3.8, 4) is 0 Å². The van der Waals surface area contributed by atoms with Gasteiger partial charge >= 0.3 is 18.6 Å². The van der Waals surface area contributed by atoms with E-state index in [1.807, 2.05) is 72.9 Å². The number of H-pyrrole nitrogens is 1. The standard InChI is InChI=1S/C20H14N4O.V/c25-24-19-7-8-20(24)12-18-6-4-16(23-18)10-14-2-1-13(21-14)9-15-3-5-17(11-19)22-15;/h1-12,22,24H;/q;+4. The third-order valence-electron chi connectivity index (χ3n) is 4.28. The summed E-state index contributed by atoms with van der Waals surface area (Å²) in [4.78, 5) is 12.4. The van der Waals surface area contributed by atoms with Crippen LogP contribution in [-0.2, 0) is 18.6 Å². The minimum absolute atomic E-state index is 0. The Morgan fingerprint density at radius 1 is 0.731 bits per heavy atom. The molecule has 2 N–H and O–H groups in total. The minimum atomic E-state index is 0. The summed E-state index contributed by atoms with van der Waals surface area (Å²) in [6.07, 6.45) is 19.1. The van der Waals surface area contributed by atoms with E-state index in [4.69, 9.17) is 0 Å². The van der Waals surface area contributed by atoms with E-state index in [-0.39, 0.29) is 23.6 Å². The van der Waals surface area contributed by atoms with Crippen molar-refractivity contribution < 1.29 is 23.6 Å². The second-order valence-corrected chi connectivity index (χ2v) is 6.11. The summed E-state index contributed by atoms with van der Waals surface area (Å²) in [6.45, 7) is 0. The van der Waals surface area contributed by atoms with Gasteiger partial charge in [0.1, 0.15) is 11.4 Å². The van der Waals surface area contributed by atoms with Crippen molar-refractivity contribution in [2.24, 2.45) is 9.98 Å². The molecule has 5 heterocycles. The summed E-state index contributed by atoms with van der Waals surface area (Å²) in [5, 5.41) is 14.4. The number of hydrogen-bond donors (Lipinski definition) is 2. The molecular formula is C20H14N4OV+4. The number of nitrogens with one attached hydrogen (secondary N) is 2. The molecule has 0 spiro atoms. The number of rotatable bonds is 0. The molecule has 0 fully saturated rings. The maximum atomic E-state index is 12.6. The van der Waals surface area contributed by atoms with Crippen LogP contribution in [0.1, 0.15) is 0 Å². The Morgan fingerprint density at radius 3 is 2.04 bits per heavy atom. The first-order chi connectivity index (χ1) is 12.2. The van der Waals surface area contributed by atoms with Gasteiger partial charge in [-0.3, -0.25) is 0 Å². The second kappa shape index (κ2) is 6.55. The summed E-state index contributed by atoms with van der Waals surface area (Å²) in [6, 6.07) is 3.94. The van der Waals surface area contributed by atoms with Crippen molar-refractivity contribution in [2.75, 3.05) is 0 Å². The first-order valence-corrected chi connectivity index (χ1v) is 8.05. The van der Waals surface area contributed by atoms with Crippen LogP contribution in [0.4, 0.5) is 0 Å². The van der Waals surface area contributed by atoms with Crippen LogP contribution >= 0.6 is 0 Å². The van der Waals surface area contributed by atoms with Crippen molar-refractivity contribution in [1.29, 1.82) is 0 Å². The molecule has 1 aromatic heterocycles. The summed E-state index contributed by atoms with van der Waals surface area (Å²) in [5.41, 5.74) is 4.66. The smallest absolute Gasteiger partial charge is 0.623 e. The Balaban J connectivity index is 0.00000168. The average molecular weight is 377 g/mol. The first kappa shape index (κ1) is 16.8. The summed E-state index contributed by atoms with van der Waals surface area (Å²) < 4.78 is 0. The Bertz CT molecular complexity index is 1150. The number of hydrogen-bond acceptors (Lipinski definition) is 3. The molecule has 4 aliphatic heterocycles. The molecule has 0 aromatic carbocycles. The number of nitrogens with zero attached hydrogens (tertiary/aromatic N) is 2. The molecule has 6 heteroatoms. The van der Waals surface area contributed by atoms with Gasteiger partial charge in [0.25, 0.3) is 0 Å². The quantitative estimate of drug-likeness (QED) is 0.637. The fraction of sp³-hybridized carbons (Fsp3) is 0. The molecular weight excluding hydrogens is 363 g/mol. The maximum absolute atomic E-state index is 12.6. The molecule has 1 radical (unpaired) electrons. The Kier molecular flexibility index (Phi) is 4.22. The SMILES string of the molecule is [O-][NH+]1C2=CC=C1C=c1ccc([nH]1)=CC1=NC(=CC3=NC(=C2)C=C3)C=C1.[V+4]. The van der Waals surface area contributed by atoms with Gasteiger partial charge in [0.05, 0.1) is 22.8 Å². The Labute approximate surface area is 161 Å². The zero-order valence-electron chi connectivity index (χ0n) is 13.7. The number of aliphatic imine (C=N–C) groups is 2. The number of quaternary nitrogens is 1. The number of aromatic nitrogens is 1. The average Bonchev–Trinajstić information content (AvgIpc) is 3.36. The van der Waals surface area contributed by atoms with Gasteiger partial charge in [-0.25, -0.2) is 9.98 Å². The van der Waals surface area contributed by atoms with E-state index >= 15 is 0 Å². The number of fused-ring (bicyclic) bond motifs is 6. The molecule has 0 amide bonds. The van der Waals surface area contributed by atoms with Crippen molar-refractivity contribution in [3.63, 3.8) is 0 Å². The molecule has 5 nitrogen and oxygen atoms in total. The fourth-order valence-electron chi connectivity index (χ4n) is 3.07. The van der Waals surface area contributed by atoms with Gasteiger partial charge in [0.15, 0.2) is 0 Å². The van der Waals surface area contributed by atoms with Gasteiger partial charge in [0, 0.05) is 35.0 Å². The number of allylic oxidation sites excluding steroid dienone is 9. The van der Waals surface area contributed by atoms with E-state index in [0.29, 0.717) is 11.4 Å². The predicted molar refractivity (Wildman–Crippen MR) is 98.8 cm³/mol. The molecule has 8 bridgehead atoms. The van der Waals surface area contributed by atoms with Crippen LogP contribution in [0.3, 0.4) is 0 Å². The van der Waals surface area contributed by atoms with E-state index in [1.165, 1.54) is 0 Å². The summed E-state index contributed by atoms with van der Waals surface area (Å²) >= 11 is 0. The van der Waals surface area contributed by atoms with Crippen molar-refractivity contribution >= 4 is 23.6 Å². The van der Waals surface area contributed by atoms with E-state index in [0.717, 1.165) is 33.5 Å². The normalized spacial score (nSPS) is 22.3. The fourth-order valence-corrected chi connectivity index (χ4v) is 3.07. The van der Waals surface area contributed by atoms with E-state index in [9.17, 15) is 5.21 Å². The predicted octanol–water partition coefficient (Wildman–Crippen LogP) is 0.540.